The molecule has 0 saturated carbocycles. The van der Waals surface area contributed by atoms with Gasteiger partial charge in [0, 0.05) is 31.1 Å². The Balaban J connectivity index is 1.85. The van der Waals surface area contributed by atoms with Crippen LogP contribution in [0.2, 0.25) is 0 Å². The summed E-state index contributed by atoms with van der Waals surface area (Å²) in [5, 5.41) is 0. The molecule has 0 N–H and O–H groups in total. The van der Waals surface area contributed by atoms with Crippen LogP contribution in [0.5, 0.6) is 5.75 Å². The van der Waals surface area contributed by atoms with E-state index in [1.165, 1.54) is 0 Å². The molecule has 2 aromatic carbocycles. The summed E-state index contributed by atoms with van der Waals surface area (Å²) in [6.45, 7) is 4.87. The number of benzene rings is 2. The summed E-state index contributed by atoms with van der Waals surface area (Å²) in [5.74, 6) is 0.993. The molecular weight excluding hydrogens is 362 g/mol. The van der Waals surface area contributed by atoms with Crippen LogP contribution in [0.25, 0.3) is 22.5 Å². The Morgan fingerprint density at radius 2 is 1.93 bits per heavy atom. The molecule has 1 amide bonds. The van der Waals surface area contributed by atoms with Crippen LogP contribution in [0.4, 0.5) is 0 Å². The van der Waals surface area contributed by atoms with Crippen molar-refractivity contribution in [2.45, 2.75) is 18.9 Å². The molecule has 2 heterocycles. The fourth-order valence-electron chi connectivity index (χ4n) is 3.87. The predicted molar refractivity (Wildman–Crippen MR) is 115 cm³/mol. The summed E-state index contributed by atoms with van der Waals surface area (Å²) in [7, 11) is 1.87. The molecule has 0 radical (unpaired) electrons. The summed E-state index contributed by atoms with van der Waals surface area (Å²) in [4.78, 5) is 18.6. The maximum absolute atomic E-state index is 12.0. The molecule has 4 rings (SSSR count). The third kappa shape index (κ3) is 3.81. The SMILES string of the molecule is C=CCOc1ccccc1-c1c(-c2ccccc2)ncn1[C@@H]1CCC(=O)N(C)C1. The molecule has 1 fully saturated rings. The van der Waals surface area contributed by atoms with E-state index in [9.17, 15) is 4.79 Å². The lowest BCUT2D eigenvalue weighted by Crippen LogP contribution is -2.37. The second-order valence-electron chi connectivity index (χ2n) is 7.28. The third-order valence-corrected chi connectivity index (χ3v) is 5.34. The maximum atomic E-state index is 12.0. The van der Waals surface area contributed by atoms with Crippen LogP contribution in [0.1, 0.15) is 18.9 Å². The van der Waals surface area contributed by atoms with Gasteiger partial charge in [-0.1, -0.05) is 55.1 Å². The van der Waals surface area contributed by atoms with Crippen LogP contribution < -0.4 is 4.74 Å². The van der Waals surface area contributed by atoms with Gasteiger partial charge in [0.2, 0.25) is 5.91 Å². The number of likely N-dealkylation sites (N-methyl/N-ethyl adjacent to an activating group) is 1. The second kappa shape index (κ2) is 8.35. The molecular formula is C24H25N3O2. The molecule has 3 aromatic rings. The van der Waals surface area contributed by atoms with E-state index >= 15 is 0 Å². The molecule has 1 aliphatic rings. The molecule has 0 spiro atoms. The zero-order valence-electron chi connectivity index (χ0n) is 16.6. The number of imidazole rings is 1. The zero-order valence-corrected chi connectivity index (χ0v) is 16.6. The predicted octanol–water partition coefficient (Wildman–Crippen LogP) is 4.58. The highest BCUT2D eigenvalue weighted by Crippen LogP contribution is 2.39. The fraction of sp³-hybridized carbons (Fsp3) is 0.250. The molecule has 0 unspecified atom stereocenters. The minimum atomic E-state index is 0.171. The lowest BCUT2D eigenvalue weighted by Gasteiger charge is -2.31. The largest absolute Gasteiger partial charge is 0.489 e. The number of hydrogen-bond acceptors (Lipinski definition) is 3. The van der Waals surface area contributed by atoms with Crippen molar-refractivity contribution in [3.63, 3.8) is 0 Å². The van der Waals surface area contributed by atoms with Gasteiger partial charge in [0.05, 0.1) is 23.8 Å². The van der Waals surface area contributed by atoms with Crippen LogP contribution in [-0.2, 0) is 4.79 Å². The van der Waals surface area contributed by atoms with E-state index in [0.717, 1.165) is 34.7 Å². The number of carbonyl (C=O) groups excluding carboxylic acids is 1. The number of aromatic nitrogens is 2. The number of amides is 1. The van der Waals surface area contributed by atoms with Crippen LogP contribution in [-0.4, -0.2) is 40.6 Å². The van der Waals surface area contributed by atoms with Crippen LogP contribution in [0, 0.1) is 0 Å². The average molecular weight is 387 g/mol. The Bertz CT molecular complexity index is 1010. The Hall–Kier alpha value is -3.34. The molecule has 1 saturated heterocycles. The van der Waals surface area contributed by atoms with Crippen molar-refractivity contribution >= 4 is 5.91 Å². The molecule has 5 heteroatoms. The van der Waals surface area contributed by atoms with Crippen LogP contribution in [0.3, 0.4) is 0 Å². The van der Waals surface area contributed by atoms with E-state index in [2.05, 4.69) is 29.3 Å². The number of para-hydroxylation sites is 1. The lowest BCUT2D eigenvalue weighted by molar-refractivity contribution is -0.132. The summed E-state index contributed by atoms with van der Waals surface area (Å²) >= 11 is 0. The molecule has 148 valence electrons. The van der Waals surface area contributed by atoms with Crippen LogP contribution in [0.15, 0.2) is 73.6 Å². The van der Waals surface area contributed by atoms with Gasteiger partial charge in [-0.3, -0.25) is 4.79 Å². The maximum Gasteiger partial charge on any atom is 0.222 e. The van der Waals surface area contributed by atoms with Crippen molar-refractivity contribution in [3.8, 4) is 28.3 Å². The Morgan fingerprint density at radius 3 is 2.69 bits per heavy atom. The normalized spacial score (nSPS) is 16.7. The Morgan fingerprint density at radius 1 is 1.17 bits per heavy atom. The van der Waals surface area contributed by atoms with Gasteiger partial charge in [0.25, 0.3) is 0 Å². The highest BCUT2D eigenvalue weighted by atomic mass is 16.5. The van der Waals surface area contributed by atoms with Crippen molar-refractivity contribution in [2.24, 2.45) is 0 Å². The van der Waals surface area contributed by atoms with E-state index in [4.69, 9.17) is 9.72 Å². The smallest absolute Gasteiger partial charge is 0.222 e. The first-order valence-corrected chi connectivity index (χ1v) is 9.88. The average Bonchev–Trinajstić information content (AvgIpc) is 3.20. The summed E-state index contributed by atoms with van der Waals surface area (Å²) < 4.78 is 8.17. The summed E-state index contributed by atoms with van der Waals surface area (Å²) in [6, 6.07) is 18.4. The van der Waals surface area contributed by atoms with Crippen molar-refractivity contribution in [2.75, 3.05) is 20.2 Å². The second-order valence-corrected chi connectivity index (χ2v) is 7.28. The molecule has 1 aromatic heterocycles. The monoisotopic (exact) mass is 387 g/mol. The molecule has 5 nitrogen and oxygen atoms in total. The topological polar surface area (TPSA) is 47.4 Å². The van der Waals surface area contributed by atoms with Crippen molar-refractivity contribution in [1.82, 2.24) is 14.5 Å². The third-order valence-electron chi connectivity index (χ3n) is 5.34. The highest BCUT2D eigenvalue weighted by molar-refractivity contribution is 5.82. The van der Waals surface area contributed by atoms with Crippen molar-refractivity contribution < 1.29 is 9.53 Å². The standard InChI is InChI=1S/C24H25N3O2/c1-3-15-29-21-12-8-7-11-20(21)24-23(18-9-5-4-6-10-18)25-17-27(24)19-13-14-22(28)26(2)16-19/h3-12,17,19H,1,13-16H2,2H3/t19-/m1/s1. The van der Waals surface area contributed by atoms with E-state index in [1.54, 1.807) is 11.0 Å². The van der Waals surface area contributed by atoms with Crippen molar-refractivity contribution in [3.05, 3.63) is 73.6 Å². The van der Waals surface area contributed by atoms with Gasteiger partial charge in [0.15, 0.2) is 0 Å². The number of rotatable bonds is 6. The molecule has 0 bridgehead atoms. The van der Waals surface area contributed by atoms with Crippen molar-refractivity contribution in [1.29, 1.82) is 0 Å². The molecule has 0 aliphatic carbocycles. The Labute approximate surface area is 171 Å². The van der Waals surface area contributed by atoms with Gasteiger partial charge in [-0.15, -0.1) is 0 Å². The minimum Gasteiger partial charge on any atom is -0.489 e. The Kier molecular flexibility index (Phi) is 5.47. The number of ether oxygens (including phenoxy) is 1. The van der Waals surface area contributed by atoms with E-state index in [0.29, 0.717) is 19.6 Å². The first-order chi connectivity index (χ1) is 14.2. The van der Waals surface area contributed by atoms with Crippen LogP contribution >= 0.6 is 0 Å². The van der Waals surface area contributed by atoms with E-state index < -0.39 is 0 Å². The fourth-order valence-corrected chi connectivity index (χ4v) is 3.87. The van der Waals surface area contributed by atoms with Gasteiger partial charge >= 0.3 is 0 Å². The number of carbonyl (C=O) groups is 1. The van der Waals surface area contributed by atoms with Gasteiger partial charge in [-0.05, 0) is 18.6 Å². The number of hydrogen-bond donors (Lipinski definition) is 0. The van der Waals surface area contributed by atoms with Gasteiger partial charge in [-0.2, -0.15) is 0 Å². The molecule has 1 atom stereocenters. The summed E-state index contributed by atoms with van der Waals surface area (Å²) in [5.41, 5.74) is 3.98. The van der Waals surface area contributed by atoms with E-state index in [-0.39, 0.29) is 11.9 Å². The molecule has 29 heavy (non-hydrogen) atoms. The van der Waals surface area contributed by atoms with Gasteiger partial charge < -0.3 is 14.2 Å². The first kappa shape index (κ1) is 19.0. The zero-order chi connectivity index (χ0) is 20.2. The summed E-state index contributed by atoms with van der Waals surface area (Å²) in [6.07, 6.45) is 4.99. The molecule has 1 aliphatic heterocycles. The number of likely N-dealkylation sites (tertiary alicyclic amines) is 1. The van der Waals surface area contributed by atoms with Gasteiger partial charge in [0.1, 0.15) is 12.4 Å². The minimum absolute atomic E-state index is 0.171. The first-order valence-electron chi connectivity index (χ1n) is 9.88. The van der Waals surface area contributed by atoms with E-state index in [1.807, 2.05) is 49.8 Å². The number of nitrogens with zero attached hydrogens (tertiary/aromatic N) is 3. The lowest BCUT2D eigenvalue weighted by atomic mass is 10.0. The van der Waals surface area contributed by atoms with Gasteiger partial charge in [-0.25, -0.2) is 4.98 Å². The number of piperidine rings is 1. The highest BCUT2D eigenvalue weighted by Gasteiger charge is 2.28. The quantitative estimate of drug-likeness (QED) is 0.582.